The molecule has 0 aliphatic rings. The lowest BCUT2D eigenvalue weighted by atomic mass is 10.1. The molecule has 1 rings (SSSR count). The summed E-state index contributed by atoms with van der Waals surface area (Å²) in [6, 6.07) is 1.90. The van der Waals surface area contributed by atoms with E-state index in [-0.39, 0.29) is 5.91 Å². The first-order valence-electron chi connectivity index (χ1n) is 4.73. The molecule has 0 aromatic carbocycles. The summed E-state index contributed by atoms with van der Waals surface area (Å²) in [7, 11) is 3.48. The van der Waals surface area contributed by atoms with Gasteiger partial charge in [-0.3, -0.25) is 9.78 Å². The largest absolute Gasteiger partial charge is 0.345 e. The Labute approximate surface area is 84.8 Å². The van der Waals surface area contributed by atoms with Crippen LogP contribution in [0.15, 0.2) is 12.3 Å². The molecule has 1 aromatic heterocycles. The van der Waals surface area contributed by atoms with Crippen LogP contribution >= 0.6 is 0 Å². The third kappa shape index (κ3) is 2.10. The average molecular weight is 192 g/mol. The number of carbonyl (C=O) groups is 1. The van der Waals surface area contributed by atoms with Crippen LogP contribution in [-0.2, 0) is 6.42 Å². The minimum atomic E-state index is 0.00301. The lowest BCUT2D eigenvalue weighted by Gasteiger charge is -2.11. The standard InChI is InChI=1S/C11H16N2O/c1-5-10-8(2)6-9(7-12-10)11(14)13(3)4/h6-7H,5H2,1-4H3. The van der Waals surface area contributed by atoms with Crippen molar-refractivity contribution in [1.82, 2.24) is 9.88 Å². The van der Waals surface area contributed by atoms with Crippen molar-refractivity contribution in [2.24, 2.45) is 0 Å². The second kappa shape index (κ2) is 4.22. The van der Waals surface area contributed by atoms with E-state index in [1.165, 1.54) is 0 Å². The Morgan fingerprint density at radius 1 is 1.50 bits per heavy atom. The number of rotatable bonds is 2. The van der Waals surface area contributed by atoms with Gasteiger partial charge in [0.1, 0.15) is 0 Å². The van der Waals surface area contributed by atoms with Crippen LogP contribution in [0.1, 0.15) is 28.5 Å². The zero-order valence-corrected chi connectivity index (χ0v) is 9.16. The Hall–Kier alpha value is -1.38. The van der Waals surface area contributed by atoms with Gasteiger partial charge in [-0.25, -0.2) is 0 Å². The van der Waals surface area contributed by atoms with Gasteiger partial charge in [0.2, 0.25) is 0 Å². The fourth-order valence-electron chi connectivity index (χ4n) is 1.35. The van der Waals surface area contributed by atoms with E-state index in [4.69, 9.17) is 0 Å². The predicted molar refractivity (Wildman–Crippen MR) is 56.4 cm³/mol. The normalized spacial score (nSPS) is 10.0. The lowest BCUT2D eigenvalue weighted by Crippen LogP contribution is -2.22. The summed E-state index contributed by atoms with van der Waals surface area (Å²) in [6.07, 6.45) is 2.55. The Kier molecular flexibility index (Phi) is 3.23. The van der Waals surface area contributed by atoms with Crippen molar-refractivity contribution in [2.75, 3.05) is 14.1 Å². The first kappa shape index (κ1) is 10.7. The van der Waals surface area contributed by atoms with E-state index in [1.807, 2.05) is 13.0 Å². The fourth-order valence-corrected chi connectivity index (χ4v) is 1.35. The molecule has 14 heavy (non-hydrogen) atoms. The highest BCUT2D eigenvalue weighted by Crippen LogP contribution is 2.09. The number of amides is 1. The van der Waals surface area contributed by atoms with Gasteiger partial charge in [-0.15, -0.1) is 0 Å². The maximum absolute atomic E-state index is 11.6. The number of aromatic nitrogens is 1. The van der Waals surface area contributed by atoms with Gasteiger partial charge in [-0.1, -0.05) is 6.92 Å². The van der Waals surface area contributed by atoms with Crippen molar-refractivity contribution >= 4 is 5.91 Å². The van der Waals surface area contributed by atoms with Gasteiger partial charge in [-0.05, 0) is 25.0 Å². The molecule has 0 saturated carbocycles. The smallest absolute Gasteiger partial charge is 0.254 e. The minimum absolute atomic E-state index is 0.00301. The molecule has 0 N–H and O–H groups in total. The maximum Gasteiger partial charge on any atom is 0.254 e. The predicted octanol–water partition coefficient (Wildman–Crippen LogP) is 1.65. The van der Waals surface area contributed by atoms with Crippen LogP contribution in [0.2, 0.25) is 0 Å². The molecule has 0 unspecified atom stereocenters. The summed E-state index contributed by atoms with van der Waals surface area (Å²) in [5, 5.41) is 0. The summed E-state index contributed by atoms with van der Waals surface area (Å²) < 4.78 is 0. The first-order chi connectivity index (χ1) is 6.56. The van der Waals surface area contributed by atoms with Crippen LogP contribution in [0.5, 0.6) is 0 Å². The Bertz CT molecular complexity index is 345. The van der Waals surface area contributed by atoms with Crippen molar-refractivity contribution in [2.45, 2.75) is 20.3 Å². The molecule has 0 aliphatic carbocycles. The second-order valence-corrected chi connectivity index (χ2v) is 3.54. The van der Waals surface area contributed by atoms with Gasteiger partial charge >= 0.3 is 0 Å². The highest BCUT2D eigenvalue weighted by molar-refractivity contribution is 5.93. The summed E-state index contributed by atoms with van der Waals surface area (Å²) >= 11 is 0. The first-order valence-corrected chi connectivity index (χ1v) is 4.73. The Balaban J connectivity index is 3.03. The summed E-state index contributed by atoms with van der Waals surface area (Å²) in [6.45, 7) is 4.04. The molecule has 76 valence electrons. The van der Waals surface area contributed by atoms with Crippen molar-refractivity contribution in [3.8, 4) is 0 Å². The number of hydrogen-bond donors (Lipinski definition) is 0. The summed E-state index contributed by atoms with van der Waals surface area (Å²) in [5.41, 5.74) is 2.80. The van der Waals surface area contributed by atoms with Gasteiger partial charge < -0.3 is 4.90 Å². The third-order valence-electron chi connectivity index (χ3n) is 2.17. The minimum Gasteiger partial charge on any atom is -0.345 e. The highest BCUT2D eigenvalue weighted by Gasteiger charge is 2.09. The molecule has 0 spiro atoms. The van der Waals surface area contributed by atoms with Crippen LogP contribution in [0, 0.1) is 6.92 Å². The van der Waals surface area contributed by atoms with Crippen molar-refractivity contribution < 1.29 is 4.79 Å². The van der Waals surface area contributed by atoms with Crippen LogP contribution in [0.4, 0.5) is 0 Å². The van der Waals surface area contributed by atoms with Crippen molar-refractivity contribution in [3.05, 3.63) is 29.1 Å². The molecule has 3 nitrogen and oxygen atoms in total. The molecule has 0 aliphatic heterocycles. The van der Waals surface area contributed by atoms with Gasteiger partial charge in [0.15, 0.2) is 0 Å². The van der Waals surface area contributed by atoms with Gasteiger partial charge in [0.05, 0.1) is 5.56 Å². The molecule has 0 bridgehead atoms. The zero-order chi connectivity index (χ0) is 10.7. The number of hydrogen-bond acceptors (Lipinski definition) is 2. The third-order valence-corrected chi connectivity index (χ3v) is 2.17. The molecular formula is C11H16N2O. The molecule has 0 saturated heterocycles. The van der Waals surface area contributed by atoms with Gasteiger partial charge in [0, 0.05) is 26.0 Å². The molecule has 3 heteroatoms. The van der Waals surface area contributed by atoms with Crippen LogP contribution in [0.25, 0.3) is 0 Å². The quantitative estimate of drug-likeness (QED) is 0.714. The van der Waals surface area contributed by atoms with E-state index in [0.29, 0.717) is 5.56 Å². The van der Waals surface area contributed by atoms with Crippen molar-refractivity contribution in [1.29, 1.82) is 0 Å². The average Bonchev–Trinajstić information content (AvgIpc) is 2.16. The summed E-state index contributed by atoms with van der Waals surface area (Å²) in [5.74, 6) is 0.00301. The monoisotopic (exact) mass is 192 g/mol. The topological polar surface area (TPSA) is 33.2 Å². The number of carbonyl (C=O) groups excluding carboxylic acids is 1. The van der Waals surface area contributed by atoms with Crippen LogP contribution in [0.3, 0.4) is 0 Å². The van der Waals surface area contributed by atoms with Crippen molar-refractivity contribution in [3.63, 3.8) is 0 Å². The number of nitrogens with zero attached hydrogens (tertiary/aromatic N) is 2. The van der Waals surface area contributed by atoms with E-state index in [2.05, 4.69) is 11.9 Å². The molecule has 1 aromatic rings. The van der Waals surface area contributed by atoms with Crippen LogP contribution < -0.4 is 0 Å². The highest BCUT2D eigenvalue weighted by atomic mass is 16.2. The Morgan fingerprint density at radius 2 is 2.14 bits per heavy atom. The SMILES string of the molecule is CCc1ncc(C(=O)N(C)C)cc1C. The molecule has 0 fully saturated rings. The van der Waals surface area contributed by atoms with E-state index in [9.17, 15) is 4.79 Å². The van der Waals surface area contributed by atoms with E-state index >= 15 is 0 Å². The second-order valence-electron chi connectivity index (χ2n) is 3.54. The molecular weight excluding hydrogens is 176 g/mol. The number of aryl methyl sites for hydroxylation is 2. The van der Waals surface area contributed by atoms with Crippen LogP contribution in [-0.4, -0.2) is 29.9 Å². The zero-order valence-electron chi connectivity index (χ0n) is 9.16. The lowest BCUT2D eigenvalue weighted by molar-refractivity contribution is 0.0827. The summed E-state index contributed by atoms with van der Waals surface area (Å²) in [4.78, 5) is 17.4. The van der Waals surface area contributed by atoms with Gasteiger partial charge in [0.25, 0.3) is 5.91 Å². The fraction of sp³-hybridized carbons (Fsp3) is 0.455. The van der Waals surface area contributed by atoms with E-state index < -0.39 is 0 Å². The van der Waals surface area contributed by atoms with E-state index in [1.54, 1.807) is 25.2 Å². The Morgan fingerprint density at radius 3 is 2.57 bits per heavy atom. The molecule has 0 radical (unpaired) electrons. The molecule has 1 amide bonds. The number of pyridine rings is 1. The molecule has 1 heterocycles. The maximum atomic E-state index is 11.6. The van der Waals surface area contributed by atoms with E-state index in [0.717, 1.165) is 17.7 Å². The van der Waals surface area contributed by atoms with Gasteiger partial charge in [-0.2, -0.15) is 0 Å². The molecule has 0 atom stereocenters.